The van der Waals surface area contributed by atoms with Crippen LogP contribution < -0.4 is 4.90 Å². The van der Waals surface area contributed by atoms with Gasteiger partial charge in [-0.25, -0.2) is 4.90 Å². The van der Waals surface area contributed by atoms with E-state index in [4.69, 9.17) is 16.7 Å². The van der Waals surface area contributed by atoms with Gasteiger partial charge in [-0.05, 0) is 18.2 Å². The molecule has 124 valence electrons. The summed E-state index contributed by atoms with van der Waals surface area (Å²) in [6.07, 6.45) is 0.214. The fraction of sp³-hybridized carbons (Fsp3) is 0.500. The van der Waals surface area contributed by atoms with Crippen LogP contribution in [0.15, 0.2) is 24.3 Å². The summed E-state index contributed by atoms with van der Waals surface area (Å²) in [4.78, 5) is 30.5. The van der Waals surface area contributed by atoms with Crippen molar-refractivity contribution in [2.75, 3.05) is 44.2 Å². The first-order chi connectivity index (χ1) is 11.1. The van der Waals surface area contributed by atoms with E-state index in [0.717, 1.165) is 26.2 Å². The Labute approximate surface area is 140 Å². The number of aliphatic hydroxyl groups excluding tert-OH is 1. The van der Waals surface area contributed by atoms with E-state index in [-0.39, 0.29) is 24.8 Å². The molecule has 2 heterocycles. The summed E-state index contributed by atoms with van der Waals surface area (Å²) in [5.74, 6) is -0.354. The first-order valence-electron chi connectivity index (χ1n) is 7.80. The van der Waals surface area contributed by atoms with Crippen molar-refractivity contribution in [3.8, 4) is 0 Å². The fourth-order valence-electron chi connectivity index (χ4n) is 3.23. The molecule has 3 rings (SSSR count). The smallest absolute Gasteiger partial charge is 0.251 e. The molecule has 2 saturated heterocycles. The first kappa shape index (κ1) is 16.4. The summed E-state index contributed by atoms with van der Waals surface area (Å²) in [6.45, 7) is 3.86. The van der Waals surface area contributed by atoms with Crippen molar-refractivity contribution < 1.29 is 14.7 Å². The normalized spacial score (nSPS) is 23.7. The molecule has 1 atom stereocenters. The summed E-state index contributed by atoms with van der Waals surface area (Å²) in [6, 6.07) is 6.42. The standard InChI is InChI=1S/C16H20ClN3O3/c17-12-2-1-3-13(10-12)20-15(22)11-14(16(20)23)19-6-4-18(5-7-19)8-9-21/h1-3,10,14,21H,4-9,11H2. The highest BCUT2D eigenvalue weighted by molar-refractivity contribution is 6.31. The summed E-state index contributed by atoms with van der Waals surface area (Å²) < 4.78 is 0. The third-order valence-electron chi connectivity index (χ3n) is 4.45. The number of nitrogens with zero attached hydrogens (tertiary/aromatic N) is 3. The molecule has 0 bridgehead atoms. The lowest BCUT2D eigenvalue weighted by Crippen LogP contribution is -2.52. The van der Waals surface area contributed by atoms with Crippen LogP contribution in [-0.2, 0) is 9.59 Å². The zero-order valence-corrected chi connectivity index (χ0v) is 13.6. The van der Waals surface area contributed by atoms with Gasteiger partial charge < -0.3 is 5.11 Å². The second kappa shape index (κ2) is 6.97. The predicted molar refractivity (Wildman–Crippen MR) is 87.4 cm³/mol. The van der Waals surface area contributed by atoms with Gasteiger partial charge in [0.25, 0.3) is 5.91 Å². The number of carbonyl (C=O) groups excluding carboxylic acids is 2. The quantitative estimate of drug-likeness (QED) is 0.814. The van der Waals surface area contributed by atoms with Gasteiger partial charge in [-0.2, -0.15) is 0 Å². The van der Waals surface area contributed by atoms with Crippen molar-refractivity contribution in [2.24, 2.45) is 0 Å². The van der Waals surface area contributed by atoms with Crippen molar-refractivity contribution in [1.82, 2.24) is 9.80 Å². The minimum atomic E-state index is -0.391. The highest BCUT2D eigenvalue weighted by atomic mass is 35.5. The molecule has 2 aliphatic heterocycles. The third kappa shape index (κ3) is 3.40. The molecule has 1 aromatic rings. The summed E-state index contributed by atoms with van der Waals surface area (Å²) in [5, 5.41) is 9.49. The lowest BCUT2D eigenvalue weighted by Gasteiger charge is -2.36. The minimum Gasteiger partial charge on any atom is -0.395 e. The Morgan fingerprint density at radius 3 is 2.57 bits per heavy atom. The number of hydrogen-bond acceptors (Lipinski definition) is 5. The van der Waals surface area contributed by atoms with Crippen molar-refractivity contribution in [2.45, 2.75) is 12.5 Å². The van der Waals surface area contributed by atoms with Gasteiger partial charge in [-0.3, -0.25) is 19.4 Å². The van der Waals surface area contributed by atoms with Gasteiger partial charge in [0.05, 0.1) is 24.8 Å². The zero-order valence-electron chi connectivity index (χ0n) is 12.8. The average molecular weight is 338 g/mol. The highest BCUT2D eigenvalue weighted by Crippen LogP contribution is 2.28. The highest BCUT2D eigenvalue weighted by Gasteiger charge is 2.43. The summed E-state index contributed by atoms with van der Waals surface area (Å²) in [7, 11) is 0. The van der Waals surface area contributed by atoms with Crippen molar-refractivity contribution in [3.05, 3.63) is 29.3 Å². The average Bonchev–Trinajstić information content (AvgIpc) is 2.83. The topological polar surface area (TPSA) is 64.1 Å². The Hall–Kier alpha value is -1.47. The zero-order chi connectivity index (χ0) is 16.4. The van der Waals surface area contributed by atoms with Crippen LogP contribution in [0.3, 0.4) is 0 Å². The van der Waals surface area contributed by atoms with Gasteiger partial charge in [0.1, 0.15) is 0 Å². The molecule has 6 nitrogen and oxygen atoms in total. The van der Waals surface area contributed by atoms with E-state index in [2.05, 4.69) is 9.80 Å². The van der Waals surface area contributed by atoms with Crippen molar-refractivity contribution in [3.63, 3.8) is 0 Å². The number of anilines is 1. The Kier molecular flexibility index (Phi) is 4.96. The van der Waals surface area contributed by atoms with Crippen molar-refractivity contribution in [1.29, 1.82) is 0 Å². The Morgan fingerprint density at radius 1 is 1.17 bits per heavy atom. The van der Waals surface area contributed by atoms with E-state index < -0.39 is 6.04 Å². The molecule has 0 saturated carbocycles. The van der Waals surface area contributed by atoms with Crippen LogP contribution in [0.2, 0.25) is 5.02 Å². The Balaban J connectivity index is 1.70. The summed E-state index contributed by atoms with van der Waals surface area (Å²) in [5.41, 5.74) is 0.536. The van der Waals surface area contributed by atoms with E-state index in [1.807, 2.05) is 0 Å². The van der Waals surface area contributed by atoms with Gasteiger partial charge in [0, 0.05) is 37.7 Å². The molecule has 0 spiro atoms. The maximum atomic E-state index is 12.7. The molecule has 1 N–H and O–H groups in total. The molecule has 1 aromatic carbocycles. The van der Waals surface area contributed by atoms with Crippen LogP contribution in [0, 0.1) is 0 Å². The maximum Gasteiger partial charge on any atom is 0.251 e. The van der Waals surface area contributed by atoms with Gasteiger partial charge in [0.2, 0.25) is 5.91 Å². The molecule has 1 unspecified atom stereocenters. The van der Waals surface area contributed by atoms with Crippen LogP contribution in [0.5, 0.6) is 0 Å². The number of carbonyl (C=O) groups is 2. The number of piperazine rings is 1. The molecular formula is C16H20ClN3O3. The van der Waals surface area contributed by atoms with E-state index in [1.54, 1.807) is 24.3 Å². The predicted octanol–water partition coefficient (Wildman–Crippen LogP) is 0.582. The van der Waals surface area contributed by atoms with Gasteiger partial charge in [-0.15, -0.1) is 0 Å². The van der Waals surface area contributed by atoms with E-state index in [0.29, 0.717) is 17.3 Å². The number of amides is 2. The van der Waals surface area contributed by atoms with Crippen LogP contribution in [-0.4, -0.2) is 72.1 Å². The van der Waals surface area contributed by atoms with Crippen molar-refractivity contribution >= 4 is 29.1 Å². The van der Waals surface area contributed by atoms with Crippen LogP contribution in [0.1, 0.15) is 6.42 Å². The van der Waals surface area contributed by atoms with Crippen LogP contribution in [0.25, 0.3) is 0 Å². The third-order valence-corrected chi connectivity index (χ3v) is 4.69. The number of imide groups is 1. The molecule has 0 aromatic heterocycles. The second-order valence-electron chi connectivity index (χ2n) is 5.87. The van der Waals surface area contributed by atoms with Gasteiger partial charge in [-0.1, -0.05) is 17.7 Å². The second-order valence-corrected chi connectivity index (χ2v) is 6.30. The van der Waals surface area contributed by atoms with Gasteiger partial charge >= 0.3 is 0 Å². The lowest BCUT2D eigenvalue weighted by atomic mass is 10.1. The number of benzene rings is 1. The first-order valence-corrected chi connectivity index (χ1v) is 8.17. The molecule has 0 radical (unpaired) electrons. The molecule has 2 fully saturated rings. The minimum absolute atomic E-state index is 0.142. The molecular weight excluding hydrogens is 318 g/mol. The molecule has 2 amide bonds. The largest absolute Gasteiger partial charge is 0.395 e. The number of β-amino-alcohol motifs (C(OH)–C–C–N with tert-alkyl or cyclic N) is 1. The molecule has 2 aliphatic rings. The Morgan fingerprint density at radius 2 is 1.91 bits per heavy atom. The molecule has 7 heteroatoms. The number of rotatable bonds is 4. The van der Waals surface area contributed by atoms with E-state index in [1.165, 1.54) is 4.90 Å². The van der Waals surface area contributed by atoms with Crippen LogP contribution in [0.4, 0.5) is 5.69 Å². The number of halogens is 1. The van der Waals surface area contributed by atoms with Gasteiger partial charge in [0.15, 0.2) is 0 Å². The molecule has 0 aliphatic carbocycles. The number of hydrogen-bond donors (Lipinski definition) is 1. The summed E-state index contributed by atoms with van der Waals surface area (Å²) >= 11 is 5.96. The Bertz CT molecular complexity index is 602. The molecule has 23 heavy (non-hydrogen) atoms. The lowest BCUT2D eigenvalue weighted by molar-refractivity contribution is -0.123. The van der Waals surface area contributed by atoms with E-state index in [9.17, 15) is 9.59 Å². The number of aliphatic hydroxyl groups is 1. The monoisotopic (exact) mass is 337 g/mol. The maximum absolute atomic E-state index is 12.7. The fourth-order valence-corrected chi connectivity index (χ4v) is 3.41. The van der Waals surface area contributed by atoms with E-state index >= 15 is 0 Å². The SMILES string of the molecule is O=C1CC(N2CCN(CCO)CC2)C(=O)N1c1cccc(Cl)c1. The van der Waals surface area contributed by atoms with Crippen LogP contribution >= 0.6 is 11.6 Å².